The number of aromatic hydroxyl groups is 1. The summed E-state index contributed by atoms with van der Waals surface area (Å²) in [6, 6.07) is 11.4. The number of hydrogen-bond donors (Lipinski definition) is 2. The van der Waals surface area contributed by atoms with Gasteiger partial charge in [0.15, 0.2) is 23.0 Å². The number of cyclic esters (lactones) is 1. The van der Waals surface area contributed by atoms with Crippen LogP contribution in [-0.4, -0.2) is 49.5 Å². The van der Waals surface area contributed by atoms with Gasteiger partial charge in [0.1, 0.15) is 0 Å². The van der Waals surface area contributed by atoms with E-state index in [1.165, 1.54) is 38.5 Å². The molecule has 0 spiro atoms. The second-order valence-electron chi connectivity index (χ2n) is 9.66. The van der Waals surface area contributed by atoms with Crippen molar-refractivity contribution in [3.8, 4) is 28.7 Å². The van der Waals surface area contributed by atoms with Crippen LogP contribution in [0.1, 0.15) is 39.0 Å². The predicted octanol–water partition coefficient (Wildman–Crippen LogP) is 3.45. The van der Waals surface area contributed by atoms with Crippen LogP contribution in [0.25, 0.3) is 0 Å². The number of nitro groups is 1. The van der Waals surface area contributed by atoms with E-state index in [0.29, 0.717) is 22.6 Å². The van der Waals surface area contributed by atoms with Gasteiger partial charge in [0.2, 0.25) is 12.5 Å². The number of benzene rings is 3. The molecule has 12 nitrogen and oxygen atoms in total. The molecule has 0 bridgehead atoms. The number of phenols is 1. The highest BCUT2D eigenvalue weighted by atomic mass is 16.7. The highest BCUT2D eigenvalue weighted by Crippen LogP contribution is 2.55. The van der Waals surface area contributed by atoms with Gasteiger partial charge in [-0.05, 0) is 53.1 Å². The summed E-state index contributed by atoms with van der Waals surface area (Å²) in [4.78, 5) is 37.0. The van der Waals surface area contributed by atoms with Crippen LogP contribution in [0.4, 0.5) is 5.69 Å². The average Bonchev–Trinajstić information content (AvgIpc) is 3.58. The number of ether oxygens (including phenoxy) is 5. The Kier molecular flexibility index (Phi) is 6.09. The quantitative estimate of drug-likeness (QED) is 0.266. The van der Waals surface area contributed by atoms with Gasteiger partial charge in [0.25, 0.3) is 11.6 Å². The fourth-order valence-corrected chi connectivity index (χ4v) is 5.82. The lowest BCUT2D eigenvalue weighted by Gasteiger charge is -2.39. The lowest BCUT2D eigenvalue weighted by atomic mass is 9.65. The van der Waals surface area contributed by atoms with Gasteiger partial charge in [-0.15, -0.1) is 0 Å². The lowest BCUT2D eigenvalue weighted by Crippen LogP contribution is -2.43. The Hall–Kier alpha value is -5.00. The number of hydrogen-bond acceptors (Lipinski definition) is 10. The molecule has 40 heavy (non-hydrogen) atoms. The molecule has 1 fully saturated rings. The number of nitro benzene ring substituents is 1. The van der Waals surface area contributed by atoms with E-state index in [9.17, 15) is 24.8 Å². The molecular weight excluding hydrogens is 524 g/mol. The number of rotatable bonds is 6. The van der Waals surface area contributed by atoms with Crippen LogP contribution in [0.15, 0.2) is 48.5 Å². The zero-order valence-electron chi connectivity index (χ0n) is 21.4. The number of carbonyl (C=O) groups is 2. The Bertz CT molecular complexity index is 1510. The van der Waals surface area contributed by atoms with Crippen LogP contribution < -0.4 is 24.3 Å². The van der Waals surface area contributed by atoms with E-state index in [1.54, 1.807) is 18.2 Å². The molecule has 0 aromatic heterocycles. The number of esters is 1. The minimum absolute atomic E-state index is 0.0263. The Morgan fingerprint density at radius 2 is 1.62 bits per heavy atom. The van der Waals surface area contributed by atoms with E-state index in [2.05, 4.69) is 5.32 Å². The normalized spacial score (nSPS) is 22.1. The molecule has 0 saturated carbocycles. The van der Waals surface area contributed by atoms with Gasteiger partial charge < -0.3 is 34.1 Å². The van der Waals surface area contributed by atoms with E-state index in [4.69, 9.17) is 23.7 Å². The number of phenolic OH excluding ortho intramolecular Hbond substituents is 1. The first kappa shape index (κ1) is 25.3. The minimum atomic E-state index is -0.788. The number of nitrogens with zero attached hydrogens (tertiary/aromatic N) is 1. The summed E-state index contributed by atoms with van der Waals surface area (Å²) in [5, 5.41) is 24.5. The summed E-state index contributed by atoms with van der Waals surface area (Å²) < 4.78 is 27.6. The molecule has 2 heterocycles. The molecule has 2 aliphatic heterocycles. The number of methoxy groups -OCH3 is 2. The van der Waals surface area contributed by atoms with Crippen molar-refractivity contribution in [2.75, 3.05) is 27.6 Å². The zero-order chi connectivity index (χ0) is 28.1. The maximum Gasteiger partial charge on any atom is 0.311 e. The SMILES string of the molecule is COc1cc([C@@H]2c3cc4c(cc3[C@@H](NC(=O)c3ccc([N+](=O)[O-])cc3)[C@@H]3C(=O)OC[C@@H]23)OCO4)cc(OC)c1O. The Balaban J connectivity index is 1.48. The molecule has 12 heteroatoms. The van der Waals surface area contributed by atoms with Crippen molar-refractivity contribution in [1.29, 1.82) is 0 Å². The third kappa shape index (κ3) is 3.99. The highest BCUT2D eigenvalue weighted by Gasteiger charge is 2.53. The van der Waals surface area contributed by atoms with Crippen LogP contribution in [0.5, 0.6) is 28.7 Å². The number of carbonyl (C=O) groups excluding carboxylic acids is 2. The number of non-ortho nitro benzene ring substituents is 1. The Morgan fingerprint density at radius 3 is 2.23 bits per heavy atom. The molecule has 3 aliphatic rings. The molecule has 3 aromatic rings. The molecule has 0 radical (unpaired) electrons. The summed E-state index contributed by atoms with van der Waals surface area (Å²) in [6.45, 7) is 0.121. The van der Waals surface area contributed by atoms with Crippen molar-refractivity contribution >= 4 is 17.6 Å². The van der Waals surface area contributed by atoms with Crippen LogP contribution in [0.3, 0.4) is 0 Å². The topological polar surface area (TPSA) is 156 Å². The third-order valence-electron chi connectivity index (χ3n) is 7.68. The molecular formula is C28H24N2O10. The third-order valence-corrected chi connectivity index (χ3v) is 7.68. The van der Waals surface area contributed by atoms with Gasteiger partial charge in [-0.25, -0.2) is 0 Å². The smallest absolute Gasteiger partial charge is 0.311 e. The average molecular weight is 549 g/mol. The maximum absolute atomic E-state index is 13.3. The largest absolute Gasteiger partial charge is 0.502 e. The van der Waals surface area contributed by atoms with Gasteiger partial charge in [0, 0.05) is 29.5 Å². The summed E-state index contributed by atoms with van der Waals surface area (Å²) in [7, 11) is 2.86. The molecule has 1 saturated heterocycles. The van der Waals surface area contributed by atoms with Crippen molar-refractivity contribution in [3.63, 3.8) is 0 Å². The fourth-order valence-electron chi connectivity index (χ4n) is 5.82. The number of amides is 1. The van der Waals surface area contributed by atoms with Crippen molar-refractivity contribution in [2.45, 2.75) is 12.0 Å². The van der Waals surface area contributed by atoms with Gasteiger partial charge in [-0.3, -0.25) is 19.7 Å². The van der Waals surface area contributed by atoms with Gasteiger partial charge in [0.05, 0.1) is 37.7 Å². The minimum Gasteiger partial charge on any atom is -0.502 e. The molecule has 3 aromatic carbocycles. The Morgan fingerprint density at radius 1 is 1.00 bits per heavy atom. The molecule has 2 N–H and O–H groups in total. The van der Waals surface area contributed by atoms with E-state index >= 15 is 0 Å². The first-order valence-corrected chi connectivity index (χ1v) is 12.4. The standard InChI is InChI=1S/C28H24N2O10/c1-36-21-7-14(8-22(37-2)26(21)31)23-16-9-19-20(40-12-39-19)10-17(16)25(24-18(23)11-38-28(24)33)29-27(32)13-3-5-15(6-4-13)30(34)35/h3-10,18,23-25,31H,11-12H2,1-2H3,(H,29,32)/t18-,23+,24+,25+/m0/s1. The second-order valence-corrected chi connectivity index (χ2v) is 9.66. The zero-order valence-corrected chi connectivity index (χ0v) is 21.4. The molecule has 4 atom stereocenters. The number of fused-ring (bicyclic) bond motifs is 3. The molecule has 1 amide bonds. The van der Waals surface area contributed by atoms with Crippen molar-refractivity contribution in [3.05, 3.63) is 80.9 Å². The monoisotopic (exact) mass is 548 g/mol. The highest BCUT2D eigenvalue weighted by molar-refractivity contribution is 5.95. The Labute approximate surface area is 227 Å². The first-order valence-electron chi connectivity index (χ1n) is 12.4. The fraction of sp³-hybridized carbons (Fsp3) is 0.286. The van der Waals surface area contributed by atoms with Crippen LogP contribution in [-0.2, 0) is 9.53 Å². The van der Waals surface area contributed by atoms with E-state index < -0.39 is 40.6 Å². The maximum atomic E-state index is 13.3. The molecule has 206 valence electrons. The van der Waals surface area contributed by atoms with E-state index in [1.807, 2.05) is 6.07 Å². The lowest BCUT2D eigenvalue weighted by molar-refractivity contribution is -0.384. The van der Waals surface area contributed by atoms with Crippen molar-refractivity contribution < 1.29 is 43.3 Å². The number of nitrogens with one attached hydrogen (secondary N) is 1. The van der Waals surface area contributed by atoms with Crippen LogP contribution >= 0.6 is 0 Å². The van der Waals surface area contributed by atoms with Crippen molar-refractivity contribution in [1.82, 2.24) is 5.32 Å². The molecule has 1 aliphatic carbocycles. The molecule has 6 rings (SSSR count). The van der Waals surface area contributed by atoms with Crippen molar-refractivity contribution in [2.24, 2.45) is 11.8 Å². The molecule has 0 unspecified atom stereocenters. The van der Waals surface area contributed by atoms with Gasteiger partial charge in [-0.2, -0.15) is 0 Å². The van der Waals surface area contributed by atoms with E-state index in [-0.39, 0.29) is 41.9 Å². The summed E-state index contributed by atoms with van der Waals surface area (Å²) in [5.41, 5.74) is 2.17. The second kappa shape index (κ2) is 9.63. The summed E-state index contributed by atoms with van der Waals surface area (Å²) >= 11 is 0. The van der Waals surface area contributed by atoms with Gasteiger partial charge in [-0.1, -0.05) is 0 Å². The summed E-state index contributed by atoms with van der Waals surface area (Å²) in [6.07, 6.45) is 0. The predicted molar refractivity (Wildman–Crippen MR) is 137 cm³/mol. The van der Waals surface area contributed by atoms with E-state index in [0.717, 1.165) is 5.56 Å². The summed E-state index contributed by atoms with van der Waals surface area (Å²) in [5.74, 6) is -1.32. The first-order chi connectivity index (χ1) is 19.3. The van der Waals surface area contributed by atoms with Crippen LogP contribution in [0.2, 0.25) is 0 Å². The van der Waals surface area contributed by atoms with Gasteiger partial charge >= 0.3 is 5.97 Å². The van der Waals surface area contributed by atoms with Crippen LogP contribution in [0, 0.1) is 22.0 Å².